The topological polar surface area (TPSA) is 58.2 Å². The molecule has 0 aromatic heterocycles. The number of rotatable bonds is 28. The Morgan fingerprint density at radius 3 is 1.68 bits per heavy atom. The molecule has 0 bridgehead atoms. The molecule has 0 saturated carbocycles. The van der Waals surface area contributed by atoms with Gasteiger partial charge in [-0.15, -0.1) is 0 Å². The molecule has 1 rings (SSSR count). The maximum Gasteiger partial charge on any atom is 0.242 e. The van der Waals surface area contributed by atoms with Gasteiger partial charge >= 0.3 is 0 Å². The van der Waals surface area contributed by atoms with Gasteiger partial charge in [-0.25, -0.2) is 0 Å². The fraction of sp³-hybridized carbons (Fsp3) is 0.730. The van der Waals surface area contributed by atoms with Gasteiger partial charge in [0, 0.05) is 19.4 Å². The molecule has 0 radical (unpaired) electrons. The van der Waals surface area contributed by atoms with Gasteiger partial charge in [0.1, 0.15) is 6.04 Å². The molecule has 0 saturated heterocycles. The summed E-state index contributed by atoms with van der Waals surface area (Å²) in [6, 6.07) is 9.48. The maximum atomic E-state index is 13.0. The smallest absolute Gasteiger partial charge is 0.242 e. The monoisotopic (exact) mass is 568 g/mol. The predicted octanol–water partition coefficient (Wildman–Crippen LogP) is 10.0. The van der Waals surface area contributed by atoms with Crippen LogP contribution in [0.15, 0.2) is 42.5 Å². The van der Waals surface area contributed by atoms with Crippen LogP contribution in [0.4, 0.5) is 0 Å². The number of nitrogens with one attached hydrogen (secondary N) is 2. The molecule has 41 heavy (non-hydrogen) atoms. The Kier molecular flexibility index (Phi) is 25.3. The molecule has 0 spiro atoms. The third-order valence-electron chi connectivity index (χ3n) is 7.93. The van der Waals surface area contributed by atoms with E-state index in [9.17, 15) is 9.59 Å². The van der Waals surface area contributed by atoms with E-state index in [4.69, 9.17) is 0 Å². The van der Waals surface area contributed by atoms with Crippen LogP contribution in [-0.2, 0) is 16.0 Å². The highest BCUT2D eigenvalue weighted by atomic mass is 16.2. The molecule has 1 atom stereocenters. The number of carbonyl (C=O) groups is 2. The minimum absolute atomic E-state index is 0.00751. The van der Waals surface area contributed by atoms with Crippen molar-refractivity contribution in [3.63, 3.8) is 0 Å². The van der Waals surface area contributed by atoms with Gasteiger partial charge in [-0.05, 0) is 44.1 Å². The Hall–Kier alpha value is -2.10. The summed E-state index contributed by atoms with van der Waals surface area (Å²) in [5.41, 5.74) is 1.07. The first-order valence-electron chi connectivity index (χ1n) is 17.4. The SMILES string of the molecule is CCCCCCCCC=CCCCCCCCCNC(=O)[C@H](Cc1ccccc1)NC(=O)CCCCCCCCC. The van der Waals surface area contributed by atoms with E-state index in [1.165, 1.54) is 109 Å². The zero-order valence-electron chi connectivity index (χ0n) is 26.9. The molecule has 0 aliphatic rings. The van der Waals surface area contributed by atoms with Crippen LogP contribution in [0, 0.1) is 0 Å². The molecule has 234 valence electrons. The number of benzene rings is 1. The maximum absolute atomic E-state index is 13.0. The van der Waals surface area contributed by atoms with Crippen LogP contribution in [-0.4, -0.2) is 24.4 Å². The molecular weight excluding hydrogens is 504 g/mol. The van der Waals surface area contributed by atoms with E-state index in [1.54, 1.807) is 0 Å². The zero-order chi connectivity index (χ0) is 29.6. The summed E-state index contributed by atoms with van der Waals surface area (Å²) < 4.78 is 0. The zero-order valence-corrected chi connectivity index (χ0v) is 26.9. The van der Waals surface area contributed by atoms with Crippen molar-refractivity contribution in [1.29, 1.82) is 0 Å². The Labute approximate surface area is 253 Å². The van der Waals surface area contributed by atoms with E-state index in [1.807, 2.05) is 30.3 Å². The van der Waals surface area contributed by atoms with Crippen molar-refractivity contribution in [1.82, 2.24) is 10.6 Å². The van der Waals surface area contributed by atoms with E-state index in [-0.39, 0.29) is 11.8 Å². The lowest BCUT2D eigenvalue weighted by molar-refractivity contribution is -0.129. The summed E-state index contributed by atoms with van der Waals surface area (Å²) in [7, 11) is 0. The number of carbonyl (C=O) groups excluding carboxylic acids is 2. The largest absolute Gasteiger partial charge is 0.354 e. The Bertz CT molecular complexity index is 761. The number of amides is 2. The standard InChI is InChI=1S/C37H64N2O2/c1-3-5-7-9-11-12-13-14-15-16-17-18-19-21-23-28-32-38-37(41)35(33-34-29-25-24-26-30-34)39-36(40)31-27-22-20-10-8-6-4-2/h14-15,24-26,29-30,35H,3-13,16-23,27-28,31-33H2,1-2H3,(H,38,41)(H,39,40)/t35-/m0/s1. The van der Waals surface area contributed by atoms with E-state index in [0.29, 0.717) is 19.4 Å². The molecule has 0 aliphatic heterocycles. The minimum atomic E-state index is -0.511. The molecule has 4 heteroatoms. The number of hydrogen-bond donors (Lipinski definition) is 2. The van der Waals surface area contributed by atoms with Crippen molar-refractivity contribution in [2.75, 3.05) is 6.54 Å². The second-order valence-corrected chi connectivity index (χ2v) is 11.9. The third kappa shape index (κ3) is 23.2. The van der Waals surface area contributed by atoms with Crippen LogP contribution in [0.3, 0.4) is 0 Å². The third-order valence-corrected chi connectivity index (χ3v) is 7.93. The quantitative estimate of drug-likeness (QED) is 0.0780. The highest BCUT2D eigenvalue weighted by molar-refractivity contribution is 5.87. The molecule has 1 aromatic carbocycles. The van der Waals surface area contributed by atoms with Gasteiger partial charge in [0.05, 0.1) is 0 Å². The summed E-state index contributed by atoms with van der Waals surface area (Å²) in [5.74, 6) is -0.0681. The van der Waals surface area contributed by atoms with Crippen LogP contribution in [0.2, 0.25) is 0 Å². The lowest BCUT2D eigenvalue weighted by Gasteiger charge is -2.19. The normalized spacial score (nSPS) is 12.0. The first-order valence-corrected chi connectivity index (χ1v) is 17.4. The molecule has 2 N–H and O–H groups in total. The summed E-state index contributed by atoms with van der Waals surface area (Å²) in [5, 5.41) is 6.12. The predicted molar refractivity (Wildman–Crippen MR) is 177 cm³/mol. The summed E-state index contributed by atoms with van der Waals surface area (Å²) >= 11 is 0. The lowest BCUT2D eigenvalue weighted by atomic mass is 10.0. The molecule has 0 unspecified atom stereocenters. The van der Waals surface area contributed by atoms with Crippen LogP contribution in [0.25, 0.3) is 0 Å². The molecule has 2 amide bonds. The van der Waals surface area contributed by atoms with E-state index >= 15 is 0 Å². The van der Waals surface area contributed by atoms with Gasteiger partial charge in [0.25, 0.3) is 0 Å². The average Bonchev–Trinajstić information content (AvgIpc) is 2.98. The second-order valence-electron chi connectivity index (χ2n) is 11.9. The highest BCUT2D eigenvalue weighted by Crippen LogP contribution is 2.11. The summed E-state index contributed by atoms with van der Waals surface area (Å²) in [6.45, 7) is 5.18. The van der Waals surface area contributed by atoms with Gasteiger partial charge in [0.2, 0.25) is 11.8 Å². The summed E-state index contributed by atoms with van der Waals surface area (Å²) in [6.07, 6.45) is 31.9. The summed E-state index contributed by atoms with van der Waals surface area (Å²) in [4.78, 5) is 25.6. The Morgan fingerprint density at radius 1 is 0.634 bits per heavy atom. The van der Waals surface area contributed by atoms with Crippen molar-refractivity contribution in [3.8, 4) is 0 Å². The highest BCUT2D eigenvalue weighted by Gasteiger charge is 2.20. The molecule has 1 aromatic rings. The van der Waals surface area contributed by atoms with Gasteiger partial charge < -0.3 is 10.6 Å². The molecular formula is C37H64N2O2. The first-order chi connectivity index (χ1) is 20.2. The van der Waals surface area contributed by atoms with Crippen molar-refractivity contribution < 1.29 is 9.59 Å². The fourth-order valence-electron chi connectivity index (χ4n) is 5.28. The number of unbranched alkanes of at least 4 members (excludes halogenated alkanes) is 18. The van der Waals surface area contributed by atoms with Crippen molar-refractivity contribution >= 4 is 11.8 Å². The van der Waals surface area contributed by atoms with Crippen molar-refractivity contribution in [2.24, 2.45) is 0 Å². The molecule has 0 aliphatic carbocycles. The van der Waals surface area contributed by atoms with Crippen LogP contribution < -0.4 is 10.6 Å². The fourth-order valence-corrected chi connectivity index (χ4v) is 5.28. The lowest BCUT2D eigenvalue weighted by Crippen LogP contribution is -2.48. The van der Waals surface area contributed by atoms with Gasteiger partial charge in [-0.2, -0.15) is 0 Å². The van der Waals surface area contributed by atoms with Gasteiger partial charge in [-0.1, -0.05) is 153 Å². The number of hydrogen-bond acceptors (Lipinski definition) is 2. The molecule has 0 fully saturated rings. The number of allylic oxidation sites excluding steroid dienone is 2. The van der Waals surface area contributed by atoms with Gasteiger partial charge in [0.15, 0.2) is 0 Å². The van der Waals surface area contributed by atoms with Gasteiger partial charge in [-0.3, -0.25) is 9.59 Å². The Morgan fingerprint density at radius 2 is 1.12 bits per heavy atom. The van der Waals surface area contributed by atoms with Crippen LogP contribution in [0.5, 0.6) is 0 Å². The Balaban J connectivity index is 2.17. The van der Waals surface area contributed by atoms with Crippen LogP contribution in [0.1, 0.15) is 161 Å². The minimum Gasteiger partial charge on any atom is -0.354 e. The molecule has 4 nitrogen and oxygen atoms in total. The average molecular weight is 569 g/mol. The second kappa shape index (κ2) is 28.0. The van der Waals surface area contributed by atoms with E-state index < -0.39 is 6.04 Å². The first kappa shape index (κ1) is 36.9. The van der Waals surface area contributed by atoms with Crippen molar-refractivity contribution in [3.05, 3.63) is 48.0 Å². The van der Waals surface area contributed by atoms with E-state index in [2.05, 4.69) is 36.6 Å². The molecule has 0 heterocycles. The van der Waals surface area contributed by atoms with Crippen molar-refractivity contribution in [2.45, 2.75) is 168 Å². The van der Waals surface area contributed by atoms with E-state index in [0.717, 1.165) is 31.2 Å². The van der Waals surface area contributed by atoms with Crippen LogP contribution >= 0.6 is 0 Å².